The van der Waals surface area contributed by atoms with E-state index in [0.29, 0.717) is 12.8 Å². The lowest BCUT2D eigenvalue weighted by Gasteiger charge is -2.18. The van der Waals surface area contributed by atoms with Gasteiger partial charge in [-0.3, -0.25) is 19.2 Å². The van der Waals surface area contributed by atoms with Crippen LogP contribution in [0.5, 0.6) is 0 Å². The summed E-state index contributed by atoms with van der Waals surface area (Å²) >= 11 is 0. The van der Waals surface area contributed by atoms with Crippen LogP contribution in [0.4, 0.5) is 0 Å². The molecule has 0 spiro atoms. The van der Waals surface area contributed by atoms with Gasteiger partial charge in [-0.05, 0) is 18.9 Å². The molecule has 8 heteroatoms. The second-order valence-electron chi connectivity index (χ2n) is 6.35. The van der Waals surface area contributed by atoms with Crippen molar-refractivity contribution in [2.45, 2.75) is 52.9 Å². The molecule has 3 N–H and O–H groups in total. The van der Waals surface area contributed by atoms with Gasteiger partial charge in [0.25, 0.3) is 0 Å². The van der Waals surface area contributed by atoms with Crippen molar-refractivity contribution in [3.05, 3.63) is 12.3 Å². The van der Waals surface area contributed by atoms with E-state index >= 15 is 0 Å². The van der Waals surface area contributed by atoms with Crippen molar-refractivity contribution >= 4 is 23.9 Å². The Kier molecular flexibility index (Phi) is 10.9. The standard InChI is InChI=1S/C18H28O8/c1-4-5-6-8-14(12(3)16(21)22)18(25)26-10-7-9-13(17(23)24)11(2)15(19)20/h7,10-14H,4-6,8-9H2,1-3H3,(H,19,20)(H,21,22)(H,23,24). The average Bonchev–Trinajstić information content (AvgIpc) is 2.56. The topological polar surface area (TPSA) is 138 Å². The molecular weight excluding hydrogens is 344 g/mol. The number of carbonyl (C=O) groups is 4. The van der Waals surface area contributed by atoms with E-state index in [9.17, 15) is 19.2 Å². The monoisotopic (exact) mass is 372 g/mol. The number of ether oxygens (including phenoxy) is 1. The molecule has 0 aliphatic carbocycles. The van der Waals surface area contributed by atoms with Crippen LogP contribution < -0.4 is 0 Å². The quantitative estimate of drug-likeness (QED) is 0.255. The summed E-state index contributed by atoms with van der Waals surface area (Å²) < 4.78 is 4.95. The van der Waals surface area contributed by atoms with Crippen molar-refractivity contribution in [2.24, 2.45) is 23.7 Å². The Hall–Kier alpha value is -2.38. The zero-order valence-corrected chi connectivity index (χ0v) is 15.4. The van der Waals surface area contributed by atoms with Crippen molar-refractivity contribution in [3.8, 4) is 0 Å². The third-order valence-electron chi connectivity index (χ3n) is 4.40. The Morgan fingerprint density at radius 2 is 1.42 bits per heavy atom. The molecule has 0 radical (unpaired) electrons. The zero-order valence-electron chi connectivity index (χ0n) is 15.4. The molecule has 4 atom stereocenters. The number of hydrogen-bond donors (Lipinski definition) is 3. The van der Waals surface area contributed by atoms with Gasteiger partial charge >= 0.3 is 23.9 Å². The van der Waals surface area contributed by atoms with Crippen LogP contribution in [0.25, 0.3) is 0 Å². The Labute approximate surface area is 152 Å². The Bertz CT molecular complexity index is 525. The van der Waals surface area contributed by atoms with E-state index in [1.165, 1.54) is 19.9 Å². The summed E-state index contributed by atoms with van der Waals surface area (Å²) in [5.41, 5.74) is 0. The molecule has 0 aromatic heterocycles. The van der Waals surface area contributed by atoms with Gasteiger partial charge in [-0.2, -0.15) is 0 Å². The van der Waals surface area contributed by atoms with Crippen LogP contribution in [0.2, 0.25) is 0 Å². The number of unbranched alkanes of at least 4 members (excludes halogenated alkanes) is 2. The van der Waals surface area contributed by atoms with E-state index in [-0.39, 0.29) is 6.42 Å². The molecular formula is C18H28O8. The maximum Gasteiger partial charge on any atom is 0.314 e. The fourth-order valence-electron chi connectivity index (χ4n) is 2.45. The van der Waals surface area contributed by atoms with Crippen molar-refractivity contribution in [3.63, 3.8) is 0 Å². The molecule has 0 amide bonds. The minimum absolute atomic E-state index is 0.120. The molecule has 0 aliphatic heterocycles. The van der Waals surface area contributed by atoms with Crippen molar-refractivity contribution in [1.29, 1.82) is 0 Å². The third-order valence-corrected chi connectivity index (χ3v) is 4.40. The van der Waals surface area contributed by atoms with E-state index in [2.05, 4.69) is 0 Å². The lowest BCUT2D eigenvalue weighted by Crippen LogP contribution is -2.28. The summed E-state index contributed by atoms with van der Waals surface area (Å²) in [6.07, 6.45) is 5.06. The van der Waals surface area contributed by atoms with Gasteiger partial charge in [-0.15, -0.1) is 0 Å². The molecule has 0 bridgehead atoms. The van der Waals surface area contributed by atoms with Gasteiger partial charge in [-0.1, -0.05) is 40.0 Å². The third kappa shape index (κ3) is 8.13. The summed E-state index contributed by atoms with van der Waals surface area (Å²) in [5.74, 6) is -8.20. The molecule has 0 aromatic rings. The number of hydrogen-bond acceptors (Lipinski definition) is 5. The first-order valence-corrected chi connectivity index (χ1v) is 8.67. The van der Waals surface area contributed by atoms with Gasteiger partial charge < -0.3 is 20.1 Å². The number of rotatable bonds is 13. The molecule has 0 aliphatic rings. The van der Waals surface area contributed by atoms with Crippen molar-refractivity contribution in [1.82, 2.24) is 0 Å². The van der Waals surface area contributed by atoms with E-state index < -0.39 is 47.5 Å². The number of aliphatic carboxylic acids is 3. The first-order chi connectivity index (χ1) is 12.1. The smallest absolute Gasteiger partial charge is 0.314 e. The zero-order chi connectivity index (χ0) is 20.3. The van der Waals surface area contributed by atoms with Gasteiger partial charge in [-0.25, -0.2) is 0 Å². The highest BCUT2D eigenvalue weighted by molar-refractivity contribution is 5.81. The van der Waals surface area contributed by atoms with Crippen LogP contribution >= 0.6 is 0 Å². The van der Waals surface area contributed by atoms with E-state index in [1.807, 2.05) is 6.92 Å². The van der Waals surface area contributed by atoms with Crippen LogP contribution in [-0.2, 0) is 23.9 Å². The molecule has 0 rings (SSSR count). The summed E-state index contributed by atoms with van der Waals surface area (Å²) in [4.78, 5) is 45.4. The van der Waals surface area contributed by atoms with Gasteiger partial charge in [0.2, 0.25) is 0 Å². The van der Waals surface area contributed by atoms with Gasteiger partial charge in [0, 0.05) is 0 Å². The highest BCUT2D eigenvalue weighted by Crippen LogP contribution is 2.22. The van der Waals surface area contributed by atoms with Gasteiger partial charge in [0.15, 0.2) is 0 Å². The predicted octanol–water partition coefficient (Wildman–Crippen LogP) is 2.77. The SMILES string of the molecule is CCCCCC(C(=O)OC=CCC(C(=O)O)C(C)C(=O)O)C(C)C(=O)O. The Balaban J connectivity index is 4.81. The molecule has 26 heavy (non-hydrogen) atoms. The molecule has 4 unspecified atom stereocenters. The van der Waals surface area contributed by atoms with E-state index in [4.69, 9.17) is 20.1 Å². The van der Waals surface area contributed by atoms with Crippen molar-refractivity contribution in [2.75, 3.05) is 0 Å². The highest BCUT2D eigenvalue weighted by atomic mass is 16.5. The second-order valence-corrected chi connectivity index (χ2v) is 6.35. The lowest BCUT2D eigenvalue weighted by molar-refractivity contribution is -0.154. The average molecular weight is 372 g/mol. The Morgan fingerprint density at radius 3 is 1.88 bits per heavy atom. The lowest BCUT2D eigenvalue weighted by atomic mass is 9.89. The highest BCUT2D eigenvalue weighted by Gasteiger charge is 2.31. The van der Waals surface area contributed by atoms with E-state index in [0.717, 1.165) is 19.1 Å². The molecule has 0 fully saturated rings. The van der Waals surface area contributed by atoms with Crippen LogP contribution in [0, 0.1) is 23.7 Å². The molecule has 0 aromatic carbocycles. The summed E-state index contributed by atoms with van der Waals surface area (Å²) in [7, 11) is 0. The molecule has 148 valence electrons. The van der Waals surface area contributed by atoms with Gasteiger partial charge in [0.05, 0.1) is 29.9 Å². The molecule has 8 nitrogen and oxygen atoms in total. The first kappa shape index (κ1) is 23.6. The van der Waals surface area contributed by atoms with Gasteiger partial charge in [0.1, 0.15) is 0 Å². The largest absolute Gasteiger partial charge is 0.481 e. The van der Waals surface area contributed by atoms with Crippen LogP contribution in [0.15, 0.2) is 12.3 Å². The minimum atomic E-state index is -1.26. The number of allylic oxidation sites excluding steroid dienone is 1. The second kappa shape index (κ2) is 12.1. The maximum absolute atomic E-state index is 12.2. The number of esters is 1. The van der Waals surface area contributed by atoms with Crippen molar-refractivity contribution < 1.29 is 39.2 Å². The maximum atomic E-state index is 12.2. The fraction of sp³-hybridized carbons (Fsp3) is 0.667. The first-order valence-electron chi connectivity index (χ1n) is 8.67. The molecule has 0 heterocycles. The number of carbonyl (C=O) groups excluding carboxylic acids is 1. The Morgan fingerprint density at radius 1 is 0.885 bits per heavy atom. The molecule has 0 saturated carbocycles. The summed E-state index contributed by atoms with van der Waals surface area (Å²) in [5, 5.41) is 27.1. The summed E-state index contributed by atoms with van der Waals surface area (Å²) in [6.45, 7) is 4.73. The minimum Gasteiger partial charge on any atom is -0.481 e. The number of carboxylic acid groups (broad SMARTS) is 3. The predicted molar refractivity (Wildman–Crippen MR) is 92.2 cm³/mol. The van der Waals surface area contributed by atoms with Crippen LogP contribution in [-0.4, -0.2) is 39.2 Å². The normalized spacial score (nSPS) is 15.8. The van der Waals surface area contributed by atoms with Crippen LogP contribution in [0.1, 0.15) is 52.9 Å². The van der Waals surface area contributed by atoms with Crippen LogP contribution in [0.3, 0.4) is 0 Å². The molecule has 0 saturated heterocycles. The number of carboxylic acids is 3. The van der Waals surface area contributed by atoms with E-state index in [1.54, 1.807) is 0 Å². The summed E-state index contributed by atoms with van der Waals surface area (Å²) in [6, 6.07) is 0. The fourth-order valence-corrected chi connectivity index (χ4v) is 2.45.